The van der Waals surface area contributed by atoms with Crippen LogP contribution in [0.2, 0.25) is 0 Å². The summed E-state index contributed by atoms with van der Waals surface area (Å²) < 4.78 is 13.1. The fraction of sp³-hybridized carbons (Fsp3) is 0.174. The van der Waals surface area contributed by atoms with Crippen LogP contribution in [0.4, 0.5) is 0 Å². The van der Waals surface area contributed by atoms with Crippen molar-refractivity contribution in [2.45, 2.75) is 13.0 Å². The van der Waals surface area contributed by atoms with Crippen LogP contribution in [0, 0.1) is 0 Å². The Hall–Kier alpha value is -3.87. The molecule has 30 heavy (non-hydrogen) atoms. The summed E-state index contributed by atoms with van der Waals surface area (Å²) in [6, 6.07) is 16.7. The highest BCUT2D eigenvalue weighted by atomic mass is 16.6. The van der Waals surface area contributed by atoms with Crippen molar-refractivity contribution in [2.75, 3.05) is 13.2 Å². The van der Waals surface area contributed by atoms with Crippen molar-refractivity contribution in [2.24, 2.45) is 0 Å². The molecule has 1 amide bonds. The molecule has 5 rings (SSSR count). The molecule has 7 nitrogen and oxygen atoms in total. The molecule has 0 saturated heterocycles. The van der Waals surface area contributed by atoms with E-state index in [-0.39, 0.29) is 11.9 Å². The number of carbonyl (C=O) groups excluding carboxylic acids is 1. The quantitative estimate of drug-likeness (QED) is 0.565. The van der Waals surface area contributed by atoms with Crippen molar-refractivity contribution in [3.8, 4) is 17.2 Å². The number of hydrogen-bond acceptors (Lipinski definition) is 5. The van der Waals surface area contributed by atoms with Crippen molar-refractivity contribution in [1.82, 2.24) is 19.9 Å². The van der Waals surface area contributed by atoms with Gasteiger partial charge in [-0.05, 0) is 61.0 Å². The number of pyridine rings is 1. The molecule has 0 spiro atoms. The van der Waals surface area contributed by atoms with Crippen LogP contribution in [0.1, 0.15) is 28.9 Å². The van der Waals surface area contributed by atoms with Gasteiger partial charge in [0.25, 0.3) is 5.91 Å². The minimum absolute atomic E-state index is 0.141. The van der Waals surface area contributed by atoms with Crippen LogP contribution in [-0.4, -0.2) is 33.7 Å². The van der Waals surface area contributed by atoms with E-state index in [4.69, 9.17) is 9.47 Å². The van der Waals surface area contributed by atoms with Gasteiger partial charge in [-0.25, -0.2) is 9.97 Å². The molecule has 4 aromatic rings. The summed E-state index contributed by atoms with van der Waals surface area (Å²) >= 11 is 0. The van der Waals surface area contributed by atoms with E-state index in [0.29, 0.717) is 24.5 Å². The molecule has 1 aliphatic heterocycles. The molecule has 1 unspecified atom stereocenters. The monoisotopic (exact) mass is 400 g/mol. The van der Waals surface area contributed by atoms with Gasteiger partial charge < -0.3 is 14.8 Å². The number of nitrogens with one attached hydrogen (secondary N) is 1. The van der Waals surface area contributed by atoms with Gasteiger partial charge in [0, 0.05) is 17.4 Å². The van der Waals surface area contributed by atoms with E-state index in [0.717, 1.165) is 28.2 Å². The van der Waals surface area contributed by atoms with Crippen LogP contribution in [0.25, 0.3) is 16.9 Å². The van der Waals surface area contributed by atoms with Gasteiger partial charge in [-0.2, -0.15) is 0 Å². The molecule has 0 aliphatic carbocycles. The van der Waals surface area contributed by atoms with Gasteiger partial charge in [0.1, 0.15) is 25.1 Å². The number of ether oxygens (including phenoxy) is 2. The van der Waals surface area contributed by atoms with E-state index in [9.17, 15) is 4.79 Å². The number of benzene rings is 2. The maximum Gasteiger partial charge on any atom is 0.251 e. The Morgan fingerprint density at radius 2 is 1.83 bits per heavy atom. The van der Waals surface area contributed by atoms with Gasteiger partial charge in [-0.15, -0.1) is 0 Å². The number of carbonyl (C=O) groups is 1. The van der Waals surface area contributed by atoms with Crippen molar-refractivity contribution >= 4 is 17.1 Å². The number of imidazole rings is 1. The molecular formula is C23H20N4O3. The minimum atomic E-state index is -0.171. The summed E-state index contributed by atoms with van der Waals surface area (Å²) in [5.41, 5.74) is 4.04. The van der Waals surface area contributed by atoms with Crippen molar-refractivity contribution in [3.05, 3.63) is 78.2 Å². The smallest absolute Gasteiger partial charge is 0.251 e. The van der Waals surface area contributed by atoms with Gasteiger partial charge >= 0.3 is 0 Å². The lowest BCUT2D eigenvalue weighted by molar-refractivity contribution is 0.0939. The fourth-order valence-corrected chi connectivity index (χ4v) is 3.50. The SMILES string of the molecule is CC(NC(=O)c1ccc(-n2cnc3cccnc32)cc1)c1ccc2c(c1)OCCO2. The third-order valence-electron chi connectivity index (χ3n) is 5.13. The molecule has 2 aromatic carbocycles. The molecular weight excluding hydrogens is 380 g/mol. The Morgan fingerprint density at radius 3 is 2.67 bits per heavy atom. The van der Waals surface area contributed by atoms with Crippen molar-refractivity contribution < 1.29 is 14.3 Å². The third kappa shape index (κ3) is 3.34. The highest BCUT2D eigenvalue weighted by Gasteiger charge is 2.16. The summed E-state index contributed by atoms with van der Waals surface area (Å²) in [6.07, 6.45) is 3.47. The second-order valence-electron chi connectivity index (χ2n) is 7.11. The first-order valence-electron chi connectivity index (χ1n) is 9.78. The number of amides is 1. The van der Waals surface area contributed by atoms with E-state index in [1.165, 1.54) is 0 Å². The molecule has 0 fully saturated rings. The first kappa shape index (κ1) is 18.2. The maximum absolute atomic E-state index is 12.7. The lowest BCUT2D eigenvalue weighted by Gasteiger charge is -2.21. The van der Waals surface area contributed by atoms with E-state index < -0.39 is 0 Å². The van der Waals surface area contributed by atoms with E-state index in [1.807, 2.05) is 54.0 Å². The standard InChI is InChI=1S/C23H20N4O3/c1-15(17-6-9-20-21(13-17)30-12-11-29-20)26-23(28)16-4-7-18(8-5-16)27-14-25-19-3-2-10-24-22(19)27/h2-10,13-15H,11-12H2,1H3,(H,26,28). The lowest BCUT2D eigenvalue weighted by atomic mass is 10.1. The average Bonchev–Trinajstić information content (AvgIpc) is 3.23. The maximum atomic E-state index is 12.7. The molecule has 7 heteroatoms. The van der Waals surface area contributed by atoms with Crippen LogP contribution in [0.15, 0.2) is 67.1 Å². The molecule has 0 bridgehead atoms. The van der Waals surface area contributed by atoms with Crippen LogP contribution < -0.4 is 14.8 Å². The number of fused-ring (bicyclic) bond motifs is 2. The molecule has 0 saturated carbocycles. The highest BCUT2D eigenvalue weighted by molar-refractivity contribution is 5.94. The number of nitrogens with zero attached hydrogens (tertiary/aromatic N) is 3. The lowest BCUT2D eigenvalue weighted by Crippen LogP contribution is -2.26. The second-order valence-corrected chi connectivity index (χ2v) is 7.11. The summed E-state index contributed by atoms with van der Waals surface area (Å²) in [4.78, 5) is 21.5. The number of rotatable bonds is 4. The van der Waals surface area contributed by atoms with Crippen LogP contribution in [0.5, 0.6) is 11.5 Å². The first-order chi connectivity index (χ1) is 14.7. The Bertz CT molecular complexity index is 1220. The van der Waals surface area contributed by atoms with E-state index in [1.54, 1.807) is 24.7 Å². The van der Waals surface area contributed by atoms with Gasteiger partial charge in [0.2, 0.25) is 0 Å². The Balaban J connectivity index is 1.32. The number of hydrogen-bond donors (Lipinski definition) is 1. The van der Waals surface area contributed by atoms with Crippen molar-refractivity contribution in [3.63, 3.8) is 0 Å². The zero-order chi connectivity index (χ0) is 20.5. The summed E-state index contributed by atoms with van der Waals surface area (Å²) in [6.45, 7) is 3.03. The minimum Gasteiger partial charge on any atom is -0.486 e. The summed E-state index contributed by atoms with van der Waals surface area (Å²) in [5, 5.41) is 3.04. The molecule has 150 valence electrons. The zero-order valence-corrected chi connectivity index (χ0v) is 16.4. The van der Waals surface area contributed by atoms with Crippen LogP contribution >= 0.6 is 0 Å². The van der Waals surface area contributed by atoms with Crippen LogP contribution in [0.3, 0.4) is 0 Å². The van der Waals surface area contributed by atoms with Gasteiger partial charge in [-0.3, -0.25) is 9.36 Å². The number of aromatic nitrogens is 3. The first-order valence-corrected chi connectivity index (χ1v) is 9.78. The molecule has 0 radical (unpaired) electrons. The average molecular weight is 400 g/mol. The second kappa shape index (κ2) is 7.51. The predicted octanol–water partition coefficient (Wildman–Crippen LogP) is 3.68. The van der Waals surface area contributed by atoms with Gasteiger partial charge in [-0.1, -0.05) is 6.07 Å². The molecule has 2 aromatic heterocycles. The predicted molar refractivity (Wildman–Crippen MR) is 112 cm³/mol. The summed E-state index contributed by atoms with van der Waals surface area (Å²) in [5.74, 6) is 1.31. The van der Waals surface area contributed by atoms with Crippen molar-refractivity contribution in [1.29, 1.82) is 0 Å². The van der Waals surface area contributed by atoms with E-state index >= 15 is 0 Å². The molecule has 3 heterocycles. The topological polar surface area (TPSA) is 78.3 Å². The molecule has 1 atom stereocenters. The normalized spacial score (nSPS) is 13.8. The molecule has 1 N–H and O–H groups in total. The van der Waals surface area contributed by atoms with E-state index in [2.05, 4.69) is 15.3 Å². The van der Waals surface area contributed by atoms with Crippen LogP contribution in [-0.2, 0) is 0 Å². The fourth-order valence-electron chi connectivity index (χ4n) is 3.50. The van der Waals surface area contributed by atoms with Gasteiger partial charge in [0.15, 0.2) is 17.1 Å². The summed E-state index contributed by atoms with van der Waals surface area (Å²) in [7, 11) is 0. The molecule has 1 aliphatic rings. The Labute approximate surface area is 173 Å². The Morgan fingerprint density at radius 1 is 1.03 bits per heavy atom. The third-order valence-corrected chi connectivity index (χ3v) is 5.13. The largest absolute Gasteiger partial charge is 0.486 e. The zero-order valence-electron chi connectivity index (χ0n) is 16.4. The van der Waals surface area contributed by atoms with Gasteiger partial charge in [0.05, 0.1) is 6.04 Å². The Kier molecular flexibility index (Phi) is 4.55. The highest BCUT2D eigenvalue weighted by Crippen LogP contribution is 2.32.